The lowest BCUT2D eigenvalue weighted by Gasteiger charge is -2.25. The summed E-state index contributed by atoms with van der Waals surface area (Å²) in [5.41, 5.74) is 6.97. The van der Waals surface area contributed by atoms with Crippen molar-refractivity contribution in [3.63, 3.8) is 0 Å². The van der Waals surface area contributed by atoms with E-state index in [2.05, 4.69) is 4.74 Å². The van der Waals surface area contributed by atoms with E-state index in [0.29, 0.717) is 5.69 Å². The molecule has 0 fully saturated rings. The summed E-state index contributed by atoms with van der Waals surface area (Å²) < 4.78 is 32.1. The zero-order valence-electron chi connectivity index (χ0n) is 12.4. The summed E-state index contributed by atoms with van der Waals surface area (Å²) in [7, 11) is -3.97. The van der Waals surface area contributed by atoms with Crippen LogP contribution in [0, 0.1) is 0 Å². The number of ether oxygens (including phenoxy) is 1. The molecule has 0 unspecified atom stereocenters. The van der Waals surface area contributed by atoms with Gasteiger partial charge in [0.2, 0.25) is 0 Å². The molecule has 0 aliphatic heterocycles. The molecule has 0 atom stereocenters. The summed E-state index contributed by atoms with van der Waals surface area (Å²) in [6.45, 7) is 5.28. The fourth-order valence-electron chi connectivity index (χ4n) is 1.67. The number of rotatable bonds is 6. The van der Waals surface area contributed by atoms with Crippen molar-refractivity contribution in [3.8, 4) is 0 Å². The second-order valence-corrected chi connectivity index (χ2v) is 6.33. The molecule has 0 aliphatic carbocycles. The van der Waals surface area contributed by atoms with E-state index in [0.717, 1.165) is 5.56 Å². The number of carbonyl (C=O) groups is 1. The van der Waals surface area contributed by atoms with Gasteiger partial charge < -0.3 is 10.5 Å². The Bertz CT molecular complexity index is 570. The summed E-state index contributed by atoms with van der Waals surface area (Å²) in [4.78, 5) is 11.3. The third-order valence-electron chi connectivity index (χ3n) is 2.69. The largest absolute Gasteiger partial charge is 0.449 e. The predicted octanol–water partition coefficient (Wildman–Crippen LogP) is 1.47. The van der Waals surface area contributed by atoms with Gasteiger partial charge in [-0.1, -0.05) is 12.1 Å². The Kier molecular flexibility index (Phi) is 5.98. The number of nitrogen functional groups attached to an aromatic ring is 1. The van der Waals surface area contributed by atoms with Crippen molar-refractivity contribution in [2.45, 2.75) is 33.4 Å². The highest BCUT2D eigenvalue weighted by Crippen LogP contribution is 2.14. The Hall–Kier alpha value is -1.80. The molecule has 0 bridgehead atoms. The van der Waals surface area contributed by atoms with E-state index in [1.165, 1.54) is 4.31 Å². The van der Waals surface area contributed by atoms with Crippen molar-refractivity contribution in [2.24, 2.45) is 0 Å². The smallest absolute Gasteiger partial charge is 0.421 e. The zero-order valence-corrected chi connectivity index (χ0v) is 13.2. The van der Waals surface area contributed by atoms with Gasteiger partial charge in [-0.05, 0) is 38.5 Å². The molecule has 21 heavy (non-hydrogen) atoms. The number of hydrogen-bond acceptors (Lipinski definition) is 5. The van der Waals surface area contributed by atoms with E-state index in [1.807, 2.05) is 4.72 Å². The second kappa shape index (κ2) is 7.28. The lowest BCUT2D eigenvalue weighted by atomic mass is 10.2. The quantitative estimate of drug-likeness (QED) is 0.774. The Morgan fingerprint density at radius 2 is 1.90 bits per heavy atom. The first-order valence-electron chi connectivity index (χ1n) is 6.57. The first-order valence-corrected chi connectivity index (χ1v) is 8.01. The summed E-state index contributed by atoms with van der Waals surface area (Å²) >= 11 is 0. The zero-order chi connectivity index (χ0) is 16.0. The molecular weight excluding hydrogens is 294 g/mol. The molecule has 1 amide bonds. The summed E-state index contributed by atoms with van der Waals surface area (Å²) in [5, 5.41) is 0. The van der Waals surface area contributed by atoms with Crippen LogP contribution in [0.2, 0.25) is 0 Å². The Morgan fingerprint density at radius 3 is 2.38 bits per heavy atom. The summed E-state index contributed by atoms with van der Waals surface area (Å²) in [6, 6.07) is 6.54. The van der Waals surface area contributed by atoms with Crippen LogP contribution in [0.4, 0.5) is 10.5 Å². The molecule has 8 heteroatoms. The highest BCUT2D eigenvalue weighted by Gasteiger charge is 2.27. The fraction of sp³-hybridized carbons (Fsp3) is 0.462. The maximum absolute atomic E-state index is 12.2. The SMILES string of the molecule is CCOC(=O)NS(=O)(=O)N(Cc1ccc(N)cc1)C(C)C. The standard InChI is InChI=1S/C13H21N3O4S/c1-4-20-13(17)15-21(18,19)16(10(2)3)9-11-5-7-12(14)8-6-11/h5-8,10H,4,9,14H2,1-3H3,(H,15,17). The molecule has 0 aromatic heterocycles. The number of carbonyl (C=O) groups excluding carboxylic acids is 1. The van der Waals surface area contributed by atoms with E-state index < -0.39 is 16.3 Å². The lowest BCUT2D eigenvalue weighted by molar-refractivity contribution is 0.157. The van der Waals surface area contributed by atoms with Gasteiger partial charge in [-0.2, -0.15) is 12.7 Å². The topological polar surface area (TPSA) is 102 Å². The Labute approximate surface area is 125 Å². The van der Waals surface area contributed by atoms with Crippen molar-refractivity contribution >= 4 is 22.0 Å². The van der Waals surface area contributed by atoms with Gasteiger partial charge in [0.15, 0.2) is 0 Å². The molecular formula is C13H21N3O4S. The van der Waals surface area contributed by atoms with Crippen LogP contribution in [0.1, 0.15) is 26.3 Å². The number of anilines is 1. The molecule has 1 aromatic carbocycles. The van der Waals surface area contributed by atoms with Crippen LogP contribution in [-0.4, -0.2) is 31.5 Å². The van der Waals surface area contributed by atoms with E-state index in [9.17, 15) is 13.2 Å². The number of nitrogens with two attached hydrogens (primary N) is 1. The van der Waals surface area contributed by atoms with Crippen LogP contribution in [0.15, 0.2) is 24.3 Å². The molecule has 0 radical (unpaired) electrons. The Balaban J connectivity index is 2.90. The number of amides is 1. The first-order chi connectivity index (χ1) is 9.76. The van der Waals surface area contributed by atoms with Gasteiger partial charge in [0.05, 0.1) is 6.61 Å². The van der Waals surface area contributed by atoms with E-state index in [4.69, 9.17) is 5.73 Å². The molecule has 1 aromatic rings. The maximum Gasteiger partial charge on any atom is 0.421 e. The van der Waals surface area contributed by atoms with Crippen LogP contribution in [-0.2, 0) is 21.5 Å². The molecule has 0 saturated carbocycles. The molecule has 118 valence electrons. The van der Waals surface area contributed by atoms with Gasteiger partial charge in [0.1, 0.15) is 0 Å². The highest BCUT2D eigenvalue weighted by molar-refractivity contribution is 7.87. The minimum absolute atomic E-state index is 0.0982. The van der Waals surface area contributed by atoms with Gasteiger partial charge in [0, 0.05) is 18.3 Å². The molecule has 1 rings (SSSR count). The molecule has 7 nitrogen and oxygen atoms in total. The molecule has 0 aliphatic rings. The van der Waals surface area contributed by atoms with E-state index in [1.54, 1.807) is 45.0 Å². The molecule has 0 saturated heterocycles. The van der Waals surface area contributed by atoms with Crippen molar-refractivity contribution < 1.29 is 17.9 Å². The van der Waals surface area contributed by atoms with Crippen LogP contribution in [0.25, 0.3) is 0 Å². The van der Waals surface area contributed by atoms with Gasteiger partial charge in [-0.3, -0.25) is 0 Å². The number of nitrogens with one attached hydrogen (secondary N) is 1. The number of nitrogens with zero attached hydrogens (tertiary/aromatic N) is 1. The second-order valence-electron chi connectivity index (χ2n) is 4.71. The Morgan fingerprint density at radius 1 is 1.33 bits per heavy atom. The van der Waals surface area contributed by atoms with Crippen molar-refractivity contribution in [3.05, 3.63) is 29.8 Å². The van der Waals surface area contributed by atoms with Gasteiger partial charge >= 0.3 is 16.3 Å². The predicted molar refractivity (Wildman–Crippen MR) is 80.6 cm³/mol. The fourth-order valence-corrected chi connectivity index (χ4v) is 2.93. The van der Waals surface area contributed by atoms with Crippen molar-refractivity contribution in [1.29, 1.82) is 0 Å². The number of benzene rings is 1. The monoisotopic (exact) mass is 315 g/mol. The van der Waals surface area contributed by atoms with Crippen LogP contribution in [0.5, 0.6) is 0 Å². The molecule has 0 spiro atoms. The number of hydrogen-bond donors (Lipinski definition) is 2. The minimum Gasteiger partial charge on any atom is -0.449 e. The normalized spacial score (nSPS) is 11.7. The van der Waals surface area contributed by atoms with E-state index in [-0.39, 0.29) is 19.2 Å². The van der Waals surface area contributed by atoms with Gasteiger partial charge in [-0.25, -0.2) is 9.52 Å². The summed E-state index contributed by atoms with van der Waals surface area (Å²) in [6.07, 6.45) is -0.986. The van der Waals surface area contributed by atoms with Crippen molar-refractivity contribution in [1.82, 2.24) is 9.03 Å². The minimum atomic E-state index is -3.97. The van der Waals surface area contributed by atoms with Crippen LogP contribution >= 0.6 is 0 Å². The summed E-state index contributed by atoms with van der Waals surface area (Å²) in [5.74, 6) is 0. The van der Waals surface area contributed by atoms with Crippen LogP contribution in [0.3, 0.4) is 0 Å². The molecule has 0 heterocycles. The van der Waals surface area contributed by atoms with E-state index >= 15 is 0 Å². The maximum atomic E-state index is 12.2. The first kappa shape index (κ1) is 17.3. The van der Waals surface area contributed by atoms with Crippen molar-refractivity contribution in [2.75, 3.05) is 12.3 Å². The third kappa shape index (κ3) is 5.24. The van der Waals surface area contributed by atoms with Gasteiger partial charge in [-0.15, -0.1) is 0 Å². The highest BCUT2D eigenvalue weighted by atomic mass is 32.2. The molecule has 3 N–H and O–H groups in total. The average molecular weight is 315 g/mol. The van der Waals surface area contributed by atoms with Crippen LogP contribution < -0.4 is 10.5 Å². The lowest BCUT2D eigenvalue weighted by Crippen LogP contribution is -2.46. The average Bonchev–Trinajstić information content (AvgIpc) is 2.36. The third-order valence-corrected chi connectivity index (χ3v) is 4.28. The van der Waals surface area contributed by atoms with Gasteiger partial charge in [0.25, 0.3) is 0 Å².